The molecule has 4 nitrogen and oxygen atoms in total. The van der Waals surface area contributed by atoms with E-state index in [2.05, 4.69) is 0 Å². The maximum absolute atomic E-state index is 13.5. The van der Waals surface area contributed by atoms with Crippen LogP contribution in [0.5, 0.6) is 11.5 Å². The van der Waals surface area contributed by atoms with E-state index >= 15 is 0 Å². The molecule has 0 radical (unpaired) electrons. The van der Waals surface area contributed by atoms with Gasteiger partial charge in [0.25, 0.3) is 5.69 Å². The molecule has 0 aliphatic heterocycles. The number of nitro groups is 1. The lowest BCUT2D eigenvalue weighted by Crippen LogP contribution is -1.94. The minimum Gasteiger partial charge on any atom is -0.457 e. The molecule has 2 aromatic carbocycles. The Morgan fingerprint density at radius 2 is 2.00 bits per heavy atom. The van der Waals surface area contributed by atoms with Gasteiger partial charge in [-0.05, 0) is 18.2 Å². The quantitative estimate of drug-likeness (QED) is 0.478. The van der Waals surface area contributed by atoms with Gasteiger partial charge in [0.2, 0.25) is 0 Å². The second-order valence-electron chi connectivity index (χ2n) is 3.71. The van der Waals surface area contributed by atoms with Crippen LogP contribution in [0.2, 0.25) is 0 Å². The van der Waals surface area contributed by atoms with Crippen LogP contribution in [-0.4, -0.2) is 4.92 Å². The monoisotopic (exact) mass is 281 g/mol. The van der Waals surface area contributed by atoms with Crippen LogP contribution in [0.15, 0.2) is 42.5 Å². The Morgan fingerprint density at radius 3 is 2.68 bits per heavy atom. The Labute approximate surface area is 113 Å². The van der Waals surface area contributed by atoms with Crippen molar-refractivity contribution in [2.24, 2.45) is 0 Å². The fourth-order valence-corrected chi connectivity index (χ4v) is 1.81. The van der Waals surface area contributed by atoms with Crippen molar-refractivity contribution < 1.29 is 14.1 Å². The molecular formula is C13H9ClFNO3. The summed E-state index contributed by atoms with van der Waals surface area (Å²) in [6, 6.07) is 9.97. The van der Waals surface area contributed by atoms with E-state index in [4.69, 9.17) is 16.3 Å². The van der Waals surface area contributed by atoms with E-state index in [1.54, 1.807) is 12.1 Å². The van der Waals surface area contributed by atoms with Gasteiger partial charge in [0.15, 0.2) is 0 Å². The Balaban J connectivity index is 2.33. The summed E-state index contributed by atoms with van der Waals surface area (Å²) in [7, 11) is 0. The largest absolute Gasteiger partial charge is 0.457 e. The molecule has 2 rings (SSSR count). The number of benzene rings is 2. The van der Waals surface area contributed by atoms with Crippen LogP contribution < -0.4 is 4.74 Å². The Morgan fingerprint density at radius 1 is 1.26 bits per heavy atom. The van der Waals surface area contributed by atoms with Gasteiger partial charge in [-0.25, -0.2) is 4.39 Å². The molecule has 0 atom stereocenters. The molecule has 0 saturated carbocycles. The molecule has 0 spiro atoms. The highest BCUT2D eigenvalue weighted by Crippen LogP contribution is 2.30. The molecule has 0 unspecified atom stereocenters. The first kappa shape index (κ1) is 13.3. The van der Waals surface area contributed by atoms with E-state index in [9.17, 15) is 14.5 Å². The lowest BCUT2D eigenvalue weighted by Gasteiger charge is -2.09. The third-order valence-electron chi connectivity index (χ3n) is 2.47. The third-order valence-corrected chi connectivity index (χ3v) is 2.73. The van der Waals surface area contributed by atoms with Crippen molar-refractivity contribution >= 4 is 17.3 Å². The van der Waals surface area contributed by atoms with E-state index in [0.717, 1.165) is 0 Å². The van der Waals surface area contributed by atoms with Crippen molar-refractivity contribution in [1.29, 1.82) is 0 Å². The second-order valence-corrected chi connectivity index (χ2v) is 3.97. The van der Waals surface area contributed by atoms with Crippen molar-refractivity contribution in [2.45, 2.75) is 5.88 Å². The van der Waals surface area contributed by atoms with Crippen LogP contribution >= 0.6 is 11.6 Å². The lowest BCUT2D eigenvalue weighted by atomic mass is 10.2. The minimum atomic E-state index is -0.527. The second kappa shape index (κ2) is 5.67. The average molecular weight is 282 g/mol. The molecule has 6 heteroatoms. The van der Waals surface area contributed by atoms with Gasteiger partial charge < -0.3 is 4.74 Å². The first-order valence-corrected chi connectivity index (χ1v) is 5.91. The predicted octanol–water partition coefficient (Wildman–Crippen LogP) is 4.27. The van der Waals surface area contributed by atoms with Gasteiger partial charge in [-0.1, -0.05) is 12.1 Å². The van der Waals surface area contributed by atoms with Crippen molar-refractivity contribution in [3.8, 4) is 11.5 Å². The van der Waals surface area contributed by atoms with Gasteiger partial charge in [0, 0.05) is 11.6 Å². The summed E-state index contributed by atoms with van der Waals surface area (Å²) in [5.41, 5.74) is 0.122. The van der Waals surface area contributed by atoms with Gasteiger partial charge in [-0.2, -0.15) is 0 Å². The van der Waals surface area contributed by atoms with Crippen molar-refractivity contribution in [3.63, 3.8) is 0 Å². The van der Waals surface area contributed by atoms with Crippen LogP contribution in [0.1, 0.15) is 5.56 Å². The standard InChI is InChI=1S/C13H9ClFNO3/c14-8-11-12(15)5-2-6-13(11)19-10-4-1-3-9(7-10)16(17)18/h1-7H,8H2. The molecule has 0 bridgehead atoms. The molecule has 0 aromatic heterocycles. The molecule has 0 amide bonds. The Bertz CT molecular complexity index is 619. The zero-order valence-electron chi connectivity index (χ0n) is 9.68. The SMILES string of the molecule is O=[N+]([O-])c1cccc(Oc2cccc(F)c2CCl)c1. The molecule has 0 saturated heterocycles. The highest BCUT2D eigenvalue weighted by molar-refractivity contribution is 6.17. The van der Waals surface area contributed by atoms with Crippen molar-refractivity contribution in [3.05, 3.63) is 64.0 Å². The van der Waals surface area contributed by atoms with Crippen molar-refractivity contribution in [1.82, 2.24) is 0 Å². The number of nitrogens with zero attached hydrogens (tertiary/aromatic N) is 1. The van der Waals surface area contributed by atoms with Crippen LogP contribution in [0.25, 0.3) is 0 Å². The molecule has 98 valence electrons. The number of hydrogen-bond donors (Lipinski definition) is 0. The van der Waals surface area contributed by atoms with Crippen LogP contribution in [0, 0.1) is 15.9 Å². The van der Waals surface area contributed by atoms with Gasteiger partial charge in [-0.3, -0.25) is 10.1 Å². The first-order valence-electron chi connectivity index (χ1n) is 5.37. The molecule has 0 fully saturated rings. The summed E-state index contributed by atoms with van der Waals surface area (Å²) < 4.78 is 18.9. The van der Waals surface area contributed by atoms with E-state index in [-0.39, 0.29) is 28.6 Å². The summed E-state index contributed by atoms with van der Waals surface area (Å²) in [6.45, 7) is 0. The maximum atomic E-state index is 13.5. The number of ether oxygens (including phenoxy) is 1. The molecule has 0 aliphatic carbocycles. The smallest absolute Gasteiger partial charge is 0.273 e. The highest BCUT2D eigenvalue weighted by atomic mass is 35.5. The van der Waals surface area contributed by atoms with E-state index in [1.165, 1.54) is 30.3 Å². The van der Waals surface area contributed by atoms with Gasteiger partial charge in [-0.15, -0.1) is 11.6 Å². The van der Waals surface area contributed by atoms with Gasteiger partial charge in [0.05, 0.1) is 16.9 Å². The zero-order chi connectivity index (χ0) is 13.8. The number of halogens is 2. The molecule has 0 heterocycles. The molecular weight excluding hydrogens is 273 g/mol. The van der Waals surface area contributed by atoms with Crippen LogP contribution in [0.4, 0.5) is 10.1 Å². The van der Waals surface area contributed by atoms with E-state index < -0.39 is 10.7 Å². The van der Waals surface area contributed by atoms with E-state index in [1.807, 2.05) is 0 Å². The first-order chi connectivity index (χ1) is 9.11. The van der Waals surface area contributed by atoms with Gasteiger partial charge >= 0.3 is 0 Å². The summed E-state index contributed by atoms with van der Waals surface area (Å²) in [5.74, 6) is -0.0173. The number of nitro benzene ring substituents is 1. The maximum Gasteiger partial charge on any atom is 0.273 e. The molecule has 2 aromatic rings. The highest BCUT2D eigenvalue weighted by Gasteiger charge is 2.11. The van der Waals surface area contributed by atoms with Crippen LogP contribution in [-0.2, 0) is 5.88 Å². The fraction of sp³-hybridized carbons (Fsp3) is 0.0769. The van der Waals surface area contributed by atoms with Gasteiger partial charge in [0.1, 0.15) is 17.3 Å². The van der Waals surface area contributed by atoms with E-state index in [0.29, 0.717) is 0 Å². The zero-order valence-corrected chi connectivity index (χ0v) is 10.4. The average Bonchev–Trinajstić information content (AvgIpc) is 2.39. The number of hydrogen-bond acceptors (Lipinski definition) is 3. The summed E-state index contributed by atoms with van der Waals surface area (Å²) in [4.78, 5) is 10.1. The lowest BCUT2D eigenvalue weighted by molar-refractivity contribution is -0.384. The summed E-state index contributed by atoms with van der Waals surface area (Å²) in [6.07, 6.45) is 0. The normalized spacial score (nSPS) is 10.2. The fourth-order valence-electron chi connectivity index (χ4n) is 1.55. The number of rotatable bonds is 4. The van der Waals surface area contributed by atoms with Crippen LogP contribution in [0.3, 0.4) is 0 Å². The molecule has 0 N–H and O–H groups in total. The number of non-ortho nitro benzene ring substituents is 1. The summed E-state index contributed by atoms with van der Waals surface area (Å²) >= 11 is 5.66. The Hall–Kier alpha value is -2.14. The molecule has 0 aliphatic rings. The Kier molecular flexibility index (Phi) is 3.97. The predicted molar refractivity (Wildman–Crippen MR) is 69.1 cm³/mol. The number of alkyl halides is 1. The third kappa shape index (κ3) is 3.00. The topological polar surface area (TPSA) is 52.4 Å². The van der Waals surface area contributed by atoms with Crippen molar-refractivity contribution in [2.75, 3.05) is 0 Å². The molecule has 19 heavy (non-hydrogen) atoms. The minimum absolute atomic E-state index is 0.0447. The summed E-state index contributed by atoms with van der Waals surface area (Å²) in [5, 5.41) is 10.7.